The lowest BCUT2D eigenvalue weighted by molar-refractivity contribution is -0.133. The van der Waals surface area contributed by atoms with Gasteiger partial charge in [0.2, 0.25) is 11.8 Å². The van der Waals surface area contributed by atoms with E-state index in [9.17, 15) is 14.4 Å². The molecule has 1 aliphatic rings. The second-order valence-corrected chi connectivity index (χ2v) is 4.53. The predicted octanol–water partition coefficient (Wildman–Crippen LogP) is 0.452. The van der Waals surface area contributed by atoms with E-state index in [1.165, 1.54) is 0 Å². The Hall–Kier alpha value is -1.30. The molecule has 1 unspecified atom stereocenters. The van der Waals surface area contributed by atoms with E-state index in [0.29, 0.717) is 0 Å². The van der Waals surface area contributed by atoms with Crippen LogP contribution >= 0.6 is 11.6 Å². The van der Waals surface area contributed by atoms with Crippen LogP contribution in [0, 0.1) is 0 Å². The minimum atomic E-state index is -0.696. The third-order valence-corrected chi connectivity index (χ3v) is 3.00. The SMILES string of the molecule is CC(NC(=O)NC(=O)CCl)C(=O)N1CCCCC1. The summed E-state index contributed by atoms with van der Waals surface area (Å²) in [6.07, 6.45) is 3.13. The van der Waals surface area contributed by atoms with Crippen LogP contribution in [0.2, 0.25) is 0 Å². The van der Waals surface area contributed by atoms with E-state index in [0.717, 1.165) is 32.4 Å². The molecule has 0 saturated carbocycles. The number of imide groups is 1. The molecule has 0 spiro atoms. The molecule has 4 amide bonds. The summed E-state index contributed by atoms with van der Waals surface area (Å²) in [7, 11) is 0. The van der Waals surface area contributed by atoms with E-state index in [1.807, 2.05) is 5.32 Å². The fourth-order valence-corrected chi connectivity index (χ4v) is 1.91. The van der Waals surface area contributed by atoms with E-state index in [2.05, 4.69) is 5.32 Å². The van der Waals surface area contributed by atoms with E-state index in [1.54, 1.807) is 11.8 Å². The van der Waals surface area contributed by atoms with Gasteiger partial charge in [0, 0.05) is 13.1 Å². The number of nitrogens with zero attached hydrogens (tertiary/aromatic N) is 1. The van der Waals surface area contributed by atoms with Gasteiger partial charge in [0.05, 0.1) is 0 Å². The highest BCUT2D eigenvalue weighted by Crippen LogP contribution is 2.09. The molecule has 1 saturated heterocycles. The zero-order valence-electron chi connectivity index (χ0n) is 10.4. The number of rotatable bonds is 3. The number of hydrogen-bond donors (Lipinski definition) is 2. The highest BCUT2D eigenvalue weighted by atomic mass is 35.5. The fourth-order valence-electron chi connectivity index (χ4n) is 1.84. The summed E-state index contributed by atoms with van der Waals surface area (Å²) in [5, 5.41) is 4.45. The van der Waals surface area contributed by atoms with Crippen LogP contribution in [0.25, 0.3) is 0 Å². The lowest BCUT2D eigenvalue weighted by Crippen LogP contribution is -2.51. The number of amides is 4. The maximum atomic E-state index is 12.0. The molecule has 0 aliphatic carbocycles. The number of urea groups is 1. The fraction of sp³-hybridized carbons (Fsp3) is 0.727. The molecule has 0 aromatic rings. The van der Waals surface area contributed by atoms with Gasteiger partial charge in [-0.05, 0) is 26.2 Å². The first-order chi connectivity index (χ1) is 8.54. The van der Waals surface area contributed by atoms with Crippen molar-refractivity contribution in [2.24, 2.45) is 0 Å². The summed E-state index contributed by atoms with van der Waals surface area (Å²) in [5.74, 6) is -1.00. The number of nitrogens with one attached hydrogen (secondary N) is 2. The van der Waals surface area contributed by atoms with E-state index in [-0.39, 0.29) is 11.8 Å². The van der Waals surface area contributed by atoms with Gasteiger partial charge in [0.15, 0.2) is 0 Å². The Morgan fingerprint density at radius 3 is 2.39 bits per heavy atom. The maximum Gasteiger partial charge on any atom is 0.322 e. The van der Waals surface area contributed by atoms with Crippen molar-refractivity contribution >= 4 is 29.4 Å². The lowest BCUT2D eigenvalue weighted by atomic mass is 10.1. The molecule has 1 rings (SSSR count). The van der Waals surface area contributed by atoms with Gasteiger partial charge < -0.3 is 10.2 Å². The molecule has 1 atom stereocenters. The van der Waals surface area contributed by atoms with Crippen LogP contribution in [0.1, 0.15) is 26.2 Å². The minimum Gasteiger partial charge on any atom is -0.341 e. The number of piperidine rings is 1. The molecule has 1 aliphatic heterocycles. The van der Waals surface area contributed by atoms with Crippen molar-refractivity contribution in [1.29, 1.82) is 0 Å². The van der Waals surface area contributed by atoms with Crippen LogP contribution in [0.15, 0.2) is 0 Å². The molecule has 7 heteroatoms. The Bertz CT molecular complexity index is 329. The Labute approximate surface area is 111 Å². The molecule has 0 aromatic heterocycles. The summed E-state index contributed by atoms with van der Waals surface area (Å²) in [6.45, 7) is 3.06. The highest BCUT2D eigenvalue weighted by Gasteiger charge is 2.23. The predicted molar refractivity (Wildman–Crippen MR) is 67.3 cm³/mol. The van der Waals surface area contributed by atoms with Gasteiger partial charge in [-0.15, -0.1) is 11.6 Å². The molecule has 102 valence electrons. The van der Waals surface area contributed by atoms with Crippen molar-refractivity contribution in [2.45, 2.75) is 32.2 Å². The van der Waals surface area contributed by atoms with Crippen LogP contribution in [0.5, 0.6) is 0 Å². The van der Waals surface area contributed by atoms with Crippen molar-refractivity contribution in [3.8, 4) is 0 Å². The Morgan fingerprint density at radius 2 is 1.83 bits per heavy atom. The smallest absolute Gasteiger partial charge is 0.322 e. The van der Waals surface area contributed by atoms with Gasteiger partial charge in [0.25, 0.3) is 0 Å². The maximum absolute atomic E-state index is 12.0. The Balaban J connectivity index is 2.38. The largest absolute Gasteiger partial charge is 0.341 e. The number of carbonyl (C=O) groups is 3. The highest BCUT2D eigenvalue weighted by molar-refractivity contribution is 6.28. The average molecular weight is 276 g/mol. The molecule has 1 heterocycles. The molecule has 0 bridgehead atoms. The number of likely N-dealkylation sites (tertiary alicyclic amines) is 1. The molecule has 2 N–H and O–H groups in total. The zero-order valence-corrected chi connectivity index (χ0v) is 11.1. The third kappa shape index (κ3) is 4.52. The van der Waals surface area contributed by atoms with Crippen molar-refractivity contribution in [2.75, 3.05) is 19.0 Å². The number of hydrogen-bond acceptors (Lipinski definition) is 3. The Kier molecular flexibility index (Phi) is 5.91. The molecule has 0 radical (unpaired) electrons. The second kappa shape index (κ2) is 7.20. The quantitative estimate of drug-likeness (QED) is 0.734. The van der Waals surface area contributed by atoms with Gasteiger partial charge in [-0.25, -0.2) is 4.79 Å². The van der Waals surface area contributed by atoms with E-state index in [4.69, 9.17) is 11.6 Å². The average Bonchev–Trinajstić information content (AvgIpc) is 2.38. The first-order valence-electron chi connectivity index (χ1n) is 5.99. The molecule has 6 nitrogen and oxygen atoms in total. The molecule has 18 heavy (non-hydrogen) atoms. The molecule has 1 fully saturated rings. The molecular weight excluding hydrogens is 258 g/mol. The van der Waals surface area contributed by atoms with Crippen molar-refractivity contribution in [1.82, 2.24) is 15.5 Å². The lowest BCUT2D eigenvalue weighted by Gasteiger charge is -2.29. The van der Waals surface area contributed by atoms with Crippen LogP contribution < -0.4 is 10.6 Å². The molecular formula is C11H18ClN3O3. The topological polar surface area (TPSA) is 78.5 Å². The minimum absolute atomic E-state index is 0.122. The summed E-state index contributed by atoms with van der Waals surface area (Å²) in [6, 6.07) is -1.34. The van der Waals surface area contributed by atoms with E-state index >= 15 is 0 Å². The normalized spacial score (nSPS) is 16.9. The number of carbonyl (C=O) groups excluding carboxylic acids is 3. The number of halogens is 1. The van der Waals surface area contributed by atoms with Gasteiger partial charge >= 0.3 is 6.03 Å². The van der Waals surface area contributed by atoms with Crippen LogP contribution in [0.4, 0.5) is 4.79 Å². The second-order valence-electron chi connectivity index (χ2n) is 4.26. The van der Waals surface area contributed by atoms with Gasteiger partial charge in [-0.2, -0.15) is 0 Å². The van der Waals surface area contributed by atoms with Crippen LogP contribution in [-0.4, -0.2) is 47.8 Å². The standard InChI is InChI=1S/C11H18ClN3O3/c1-8(13-11(18)14-9(16)7-12)10(17)15-5-3-2-4-6-15/h8H,2-7H2,1H3,(H2,13,14,16,18). The third-order valence-electron chi connectivity index (χ3n) is 2.76. The van der Waals surface area contributed by atoms with Gasteiger partial charge in [-0.3, -0.25) is 14.9 Å². The van der Waals surface area contributed by atoms with E-state index < -0.39 is 18.0 Å². The van der Waals surface area contributed by atoms with Crippen molar-refractivity contribution < 1.29 is 14.4 Å². The van der Waals surface area contributed by atoms with Crippen molar-refractivity contribution in [3.63, 3.8) is 0 Å². The van der Waals surface area contributed by atoms with Crippen molar-refractivity contribution in [3.05, 3.63) is 0 Å². The van der Waals surface area contributed by atoms with Gasteiger partial charge in [-0.1, -0.05) is 0 Å². The zero-order chi connectivity index (χ0) is 13.5. The molecule has 0 aromatic carbocycles. The van der Waals surface area contributed by atoms with Crippen LogP contribution in [-0.2, 0) is 9.59 Å². The van der Waals surface area contributed by atoms with Crippen LogP contribution in [0.3, 0.4) is 0 Å². The first kappa shape index (κ1) is 14.8. The Morgan fingerprint density at radius 1 is 1.22 bits per heavy atom. The summed E-state index contributed by atoms with van der Waals surface area (Å²) in [4.78, 5) is 35.9. The first-order valence-corrected chi connectivity index (χ1v) is 6.53. The summed E-state index contributed by atoms with van der Waals surface area (Å²) in [5.41, 5.74) is 0. The number of alkyl halides is 1. The monoisotopic (exact) mass is 275 g/mol. The summed E-state index contributed by atoms with van der Waals surface area (Å²) >= 11 is 5.25. The van der Waals surface area contributed by atoms with Gasteiger partial charge in [0.1, 0.15) is 11.9 Å². The summed E-state index contributed by atoms with van der Waals surface area (Å²) < 4.78 is 0.